The van der Waals surface area contributed by atoms with Crippen LogP contribution < -0.4 is 20.9 Å². The van der Waals surface area contributed by atoms with Crippen LogP contribution >= 0.6 is 0 Å². The number of nitrogens with two attached hydrogens (primary N) is 2. The number of phenols is 4. The summed E-state index contributed by atoms with van der Waals surface area (Å²) in [5.74, 6) is -2.98. The second-order valence-electron chi connectivity index (χ2n) is 8.75. The lowest BCUT2D eigenvalue weighted by Gasteiger charge is -2.38. The molecule has 0 saturated heterocycles. The minimum Gasteiger partial charge on any atom is -0.506 e. The monoisotopic (exact) mass is 582 g/mol. The summed E-state index contributed by atoms with van der Waals surface area (Å²) in [5.41, 5.74) is 3.31. The lowest BCUT2D eigenvalue weighted by atomic mass is 9.73. The summed E-state index contributed by atoms with van der Waals surface area (Å²) in [6.07, 6.45) is -11.7. The van der Waals surface area contributed by atoms with Crippen LogP contribution in [-0.4, -0.2) is 32.8 Å². The average molecular weight is 582 g/mol. The number of aromatic hydroxyl groups is 4. The number of ether oxygens (including phenoxy) is 2. The fraction of sp³-hybridized carbons (Fsp3) is 0.111. The van der Waals surface area contributed by atoms with Crippen LogP contribution in [0.1, 0.15) is 11.1 Å². The Morgan fingerprint density at radius 2 is 0.732 bits per heavy atom. The minimum atomic E-state index is -5.86. The molecule has 216 valence electrons. The first-order valence-corrected chi connectivity index (χ1v) is 11.4. The third kappa shape index (κ3) is 5.23. The first kappa shape index (κ1) is 28.9. The highest BCUT2D eigenvalue weighted by Crippen LogP contribution is 2.56. The number of nitrogen functional groups attached to an aromatic ring is 2. The fourth-order valence-electron chi connectivity index (χ4n) is 4.11. The molecule has 0 aliphatic rings. The van der Waals surface area contributed by atoms with Crippen LogP contribution in [-0.2, 0) is 5.41 Å². The molecule has 0 spiro atoms. The third-order valence-corrected chi connectivity index (χ3v) is 6.12. The van der Waals surface area contributed by atoms with E-state index in [-0.39, 0.29) is 34.4 Å². The molecular weight excluding hydrogens is 562 g/mol. The predicted molar refractivity (Wildman–Crippen MR) is 134 cm³/mol. The van der Waals surface area contributed by atoms with Crippen LogP contribution in [0.15, 0.2) is 72.8 Å². The molecule has 4 rings (SSSR count). The normalized spacial score (nSPS) is 12.2. The number of anilines is 2. The van der Waals surface area contributed by atoms with Crippen LogP contribution in [0.3, 0.4) is 0 Å². The van der Waals surface area contributed by atoms with Gasteiger partial charge in [-0.3, -0.25) is 0 Å². The summed E-state index contributed by atoms with van der Waals surface area (Å²) in [4.78, 5) is 0. The van der Waals surface area contributed by atoms with Gasteiger partial charge in [0.25, 0.3) is 0 Å². The van der Waals surface area contributed by atoms with Gasteiger partial charge in [-0.2, -0.15) is 26.3 Å². The summed E-state index contributed by atoms with van der Waals surface area (Å²) < 4.78 is 97.5. The van der Waals surface area contributed by atoms with Gasteiger partial charge >= 0.3 is 12.4 Å². The van der Waals surface area contributed by atoms with Crippen molar-refractivity contribution in [3.05, 3.63) is 83.9 Å². The molecule has 8 nitrogen and oxygen atoms in total. The molecule has 0 heterocycles. The average Bonchev–Trinajstić information content (AvgIpc) is 2.86. The lowest BCUT2D eigenvalue weighted by molar-refractivity contribution is -0.288. The highest BCUT2D eigenvalue weighted by atomic mass is 19.4. The van der Waals surface area contributed by atoms with Crippen LogP contribution in [0.4, 0.5) is 37.7 Å². The molecule has 0 fully saturated rings. The summed E-state index contributed by atoms with van der Waals surface area (Å²) >= 11 is 0. The Bertz CT molecular complexity index is 1410. The van der Waals surface area contributed by atoms with E-state index < -0.39 is 51.9 Å². The molecule has 0 amide bonds. The Balaban J connectivity index is 1.72. The van der Waals surface area contributed by atoms with Gasteiger partial charge in [0.2, 0.25) is 5.41 Å². The zero-order valence-corrected chi connectivity index (χ0v) is 20.5. The molecule has 8 N–H and O–H groups in total. The Hall–Kier alpha value is -5.14. The smallest absolute Gasteiger partial charge is 0.411 e. The molecule has 0 unspecified atom stereocenters. The van der Waals surface area contributed by atoms with Gasteiger partial charge in [-0.15, -0.1) is 0 Å². The second-order valence-corrected chi connectivity index (χ2v) is 8.75. The van der Waals surface area contributed by atoms with Gasteiger partial charge in [0.1, 0.15) is 57.4 Å². The molecular formula is C27H20F6N2O6. The lowest BCUT2D eigenvalue weighted by Crippen LogP contribution is -2.54. The number of halogens is 6. The maximum atomic E-state index is 14.5. The van der Waals surface area contributed by atoms with Crippen molar-refractivity contribution in [2.24, 2.45) is 0 Å². The molecule has 0 aromatic heterocycles. The van der Waals surface area contributed by atoms with E-state index in [1.54, 1.807) is 0 Å². The SMILES string of the molecule is Nc1c(O)cc(Oc2ccc(C(c3ccc(Oc4cc(O)c(N)c(O)c4)cc3)(C(F)(F)F)C(F)(F)F)cc2)cc1O. The highest BCUT2D eigenvalue weighted by molar-refractivity contribution is 5.65. The molecule has 0 radical (unpaired) electrons. The van der Waals surface area contributed by atoms with E-state index in [2.05, 4.69) is 0 Å². The van der Waals surface area contributed by atoms with E-state index in [4.69, 9.17) is 20.9 Å². The second kappa shape index (κ2) is 10.1. The Kier molecular flexibility index (Phi) is 7.12. The van der Waals surface area contributed by atoms with Crippen molar-refractivity contribution >= 4 is 11.4 Å². The van der Waals surface area contributed by atoms with Crippen molar-refractivity contribution in [2.45, 2.75) is 17.8 Å². The van der Waals surface area contributed by atoms with Crippen molar-refractivity contribution in [1.29, 1.82) is 0 Å². The first-order valence-electron chi connectivity index (χ1n) is 11.4. The van der Waals surface area contributed by atoms with Crippen LogP contribution in [0.25, 0.3) is 0 Å². The molecule has 0 saturated carbocycles. The van der Waals surface area contributed by atoms with Crippen LogP contribution in [0, 0.1) is 0 Å². The quantitative estimate of drug-likeness (QED) is 0.0838. The number of rotatable bonds is 6. The van der Waals surface area contributed by atoms with Crippen molar-refractivity contribution < 1.29 is 56.2 Å². The number of phenolic OH excluding ortho intramolecular Hbond substituents is 4. The van der Waals surface area contributed by atoms with Crippen molar-refractivity contribution in [2.75, 3.05) is 11.5 Å². The third-order valence-electron chi connectivity index (χ3n) is 6.12. The van der Waals surface area contributed by atoms with E-state index in [0.29, 0.717) is 24.3 Å². The first-order chi connectivity index (χ1) is 19.0. The summed E-state index contributed by atoms with van der Waals surface area (Å²) in [7, 11) is 0. The van der Waals surface area contributed by atoms with Gasteiger partial charge < -0.3 is 41.4 Å². The molecule has 41 heavy (non-hydrogen) atoms. The molecule has 4 aromatic carbocycles. The van der Waals surface area contributed by atoms with Gasteiger partial charge in [0.15, 0.2) is 0 Å². The Morgan fingerprint density at radius 1 is 0.463 bits per heavy atom. The van der Waals surface area contributed by atoms with Crippen LogP contribution in [0.2, 0.25) is 0 Å². The van der Waals surface area contributed by atoms with Gasteiger partial charge in [0, 0.05) is 24.3 Å². The maximum Gasteiger partial charge on any atom is 0.411 e. The van der Waals surface area contributed by atoms with E-state index >= 15 is 0 Å². The van der Waals surface area contributed by atoms with Crippen molar-refractivity contribution in [3.63, 3.8) is 0 Å². The van der Waals surface area contributed by atoms with Gasteiger partial charge in [0.05, 0.1) is 0 Å². The summed E-state index contributed by atoms with van der Waals surface area (Å²) in [6.45, 7) is 0. The molecule has 0 bridgehead atoms. The maximum absolute atomic E-state index is 14.5. The largest absolute Gasteiger partial charge is 0.506 e. The molecule has 0 aliphatic heterocycles. The van der Waals surface area contributed by atoms with E-state index in [1.807, 2.05) is 0 Å². The highest BCUT2D eigenvalue weighted by Gasteiger charge is 2.72. The van der Waals surface area contributed by atoms with E-state index in [9.17, 15) is 46.8 Å². The van der Waals surface area contributed by atoms with Crippen molar-refractivity contribution in [1.82, 2.24) is 0 Å². The zero-order valence-electron chi connectivity index (χ0n) is 20.5. The number of hydrogen-bond acceptors (Lipinski definition) is 8. The molecule has 0 aliphatic carbocycles. The summed E-state index contributed by atoms with van der Waals surface area (Å²) in [6, 6.07) is 9.82. The van der Waals surface area contributed by atoms with Gasteiger partial charge in [-0.1, -0.05) is 24.3 Å². The van der Waals surface area contributed by atoms with E-state index in [1.165, 1.54) is 0 Å². The topological polar surface area (TPSA) is 151 Å². The zero-order chi connectivity index (χ0) is 30.3. The number of alkyl halides is 6. The number of benzene rings is 4. The standard InChI is InChI=1S/C27H20F6N2O6/c28-26(29,30)25(27(31,32)33,13-1-5-15(6-2-13)40-17-9-19(36)23(34)20(37)10-17)14-3-7-16(8-4-14)41-18-11-21(38)24(35)22(39)12-18/h1-12,36-39H,34-35H2. The van der Waals surface area contributed by atoms with Crippen LogP contribution in [0.5, 0.6) is 46.0 Å². The van der Waals surface area contributed by atoms with Crippen molar-refractivity contribution in [3.8, 4) is 46.0 Å². The Labute approximate surface area is 227 Å². The Morgan fingerprint density at radius 3 is 0.976 bits per heavy atom. The number of hydrogen-bond donors (Lipinski definition) is 6. The predicted octanol–water partition coefficient (Wildman–Crippen LogP) is 6.67. The summed E-state index contributed by atoms with van der Waals surface area (Å²) in [5, 5.41) is 38.8. The molecule has 4 aromatic rings. The molecule has 0 atom stereocenters. The minimum absolute atomic E-state index is 0.182. The fourth-order valence-corrected chi connectivity index (χ4v) is 4.11. The van der Waals surface area contributed by atoms with Gasteiger partial charge in [-0.05, 0) is 35.4 Å². The van der Waals surface area contributed by atoms with Gasteiger partial charge in [-0.25, -0.2) is 0 Å². The molecule has 14 heteroatoms. The van der Waals surface area contributed by atoms with E-state index in [0.717, 1.165) is 48.5 Å².